The van der Waals surface area contributed by atoms with Crippen molar-refractivity contribution in [3.05, 3.63) is 23.3 Å². The van der Waals surface area contributed by atoms with Crippen molar-refractivity contribution in [3.8, 4) is 5.75 Å². The van der Waals surface area contributed by atoms with E-state index in [9.17, 15) is 18.0 Å². The van der Waals surface area contributed by atoms with Crippen molar-refractivity contribution in [2.24, 2.45) is 0 Å². The van der Waals surface area contributed by atoms with Gasteiger partial charge in [-0.1, -0.05) is 0 Å². The second-order valence-electron chi connectivity index (χ2n) is 2.31. The van der Waals surface area contributed by atoms with Crippen molar-refractivity contribution in [2.45, 2.75) is 6.43 Å². The molecule has 1 aromatic rings. The lowest BCUT2D eigenvalue weighted by molar-refractivity contribution is 0.107. The lowest BCUT2D eigenvalue weighted by atomic mass is 10.2. The Bertz CT molecular complexity index is 383. The molecule has 1 aromatic heterocycles. The maximum Gasteiger partial charge on any atom is 0.270 e. The largest absolute Gasteiger partial charge is 0.503 e. The molecule has 0 radical (unpaired) electrons. The highest BCUT2D eigenvalue weighted by molar-refractivity contribution is 6.67. The molecule has 0 spiro atoms. The molecule has 0 aliphatic carbocycles. The van der Waals surface area contributed by atoms with E-state index in [4.69, 9.17) is 16.7 Å². The Kier molecular flexibility index (Phi) is 2.95. The van der Waals surface area contributed by atoms with Crippen LogP contribution >= 0.6 is 11.6 Å². The van der Waals surface area contributed by atoms with Crippen LogP contribution in [-0.2, 0) is 0 Å². The van der Waals surface area contributed by atoms with Gasteiger partial charge in [0.1, 0.15) is 5.69 Å². The third kappa shape index (κ3) is 1.95. The lowest BCUT2D eigenvalue weighted by Crippen LogP contribution is -2.00. The molecule has 1 N–H and O–H groups in total. The molecule has 0 bridgehead atoms. The van der Waals surface area contributed by atoms with Gasteiger partial charge in [-0.2, -0.15) is 4.39 Å². The van der Waals surface area contributed by atoms with E-state index in [1.165, 1.54) is 0 Å². The number of alkyl halides is 2. The summed E-state index contributed by atoms with van der Waals surface area (Å²) >= 11 is 4.91. The molecule has 0 aliphatic heterocycles. The van der Waals surface area contributed by atoms with Crippen LogP contribution in [0.1, 0.15) is 22.5 Å². The van der Waals surface area contributed by atoms with Crippen LogP contribution in [-0.4, -0.2) is 15.3 Å². The summed E-state index contributed by atoms with van der Waals surface area (Å²) in [5.41, 5.74) is -1.68. The summed E-state index contributed by atoms with van der Waals surface area (Å²) in [5, 5.41) is 7.63. The van der Waals surface area contributed by atoms with E-state index in [-0.39, 0.29) is 0 Å². The number of carbonyl (C=O) groups excluding carboxylic acids is 1. The monoisotopic (exact) mass is 225 g/mol. The Labute approximate surface area is 81.1 Å². The zero-order valence-corrected chi connectivity index (χ0v) is 7.23. The molecule has 3 nitrogen and oxygen atoms in total. The van der Waals surface area contributed by atoms with Crippen LogP contribution in [0.2, 0.25) is 0 Å². The standard InChI is InChI=1S/C7H3ClF3NO2/c8-5(14)3-1-2(6(9)10)4(13)7(11)12-3/h1,6,13H. The Morgan fingerprint density at radius 3 is 2.57 bits per heavy atom. The molecule has 0 fully saturated rings. The predicted molar refractivity (Wildman–Crippen MR) is 41.0 cm³/mol. The van der Waals surface area contributed by atoms with E-state index >= 15 is 0 Å². The van der Waals surface area contributed by atoms with Gasteiger partial charge in [0.2, 0.25) is 0 Å². The lowest BCUT2D eigenvalue weighted by Gasteiger charge is -2.04. The first kappa shape index (κ1) is 10.8. The summed E-state index contributed by atoms with van der Waals surface area (Å²) in [7, 11) is 0. The quantitative estimate of drug-likeness (QED) is 0.620. The summed E-state index contributed by atoms with van der Waals surface area (Å²) in [4.78, 5) is 13.4. The van der Waals surface area contributed by atoms with Crippen molar-refractivity contribution in [1.82, 2.24) is 4.98 Å². The highest BCUT2D eigenvalue weighted by atomic mass is 35.5. The van der Waals surface area contributed by atoms with Crippen molar-refractivity contribution < 1.29 is 23.1 Å². The second-order valence-corrected chi connectivity index (χ2v) is 2.65. The summed E-state index contributed by atoms with van der Waals surface area (Å²) in [5.74, 6) is -2.83. The minimum Gasteiger partial charge on any atom is -0.503 e. The van der Waals surface area contributed by atoms with Crippen LogP contribution in [0.5, 0.6) is 5.75 Å². The molecule has 0 saturated heterocycles. The Morgan fingerprint density at radius 2 is 2.14 bits per heavy atom. The topological polar surface area (TPSA) is 50.2 Å². The van der Waals surface area contributed by atoms with Crippen LogP contribution < -0.4 is 0 Å². The van der Waals surface area contributed by atoms with Gasteiger partial charge in [-0.3, -0.25) is 4.79 Å². The molecule has 0 aliphatic rings. The Balaban J connectivity index is 3.35. The third-order valence-corrected chi connectivity index (χ3v) is 1.61. The molecular weight excluding hydrogens is 223 g/mol. The number of aromatic hydroxyl groups is 1. The minimum absolute atomic E-state index is 0.540. The molecule has 1 heterocycles. The first-order chi connectivity index (χ1) is 6.43. The molecule has 0 saturated carbocycles. The molecule has 76 valence electrons. The Hall–Kier alpha value is -1.30. The zero-order chi connectivity index (χ0) is 10.9. The maximum atomic E-state index is 12.7. The van der Waals surface area contributed by atoms with E-state index in [2.05, 4.69) is 4.98 Å². The van der Waals surface area contributed by atoms with Crippen molar-refractivity contribution in [2.75, 3.05) is 0 Å². The van der Waals surface area contributed by atoms with Gasteiger partial charge in [-0.15, -0.1) is 0 Å². The summed E-state index contributed by atoms with van der Waals surface area (Å²) in [6, 6.07) is 0.540. The average Bonchev–Trinajstić information content (AvgIpc) is 2.08. The number of pyridine rings is 1. The maximum absolute atomic E-state index is 12.7. The van der Waals surface area contributed by atoms with Crippen LogP contribution in [0.3, 0.4) is 0 Å². The van der Waals surface area contributed by atoms with E-state index < -0.39 is 34.6 Å². The minimum atomic E-state index is -3.11. The van der Waals surface area contributed by atoms with Gasteiger partial charge >= 0.3 is 0 Å². The molecule has 0 unspecified atom stereocenters. The van der Waals surface area contributed by atoms with Gasteiger partial charge in [0, 0.05) is 0 Å². The number of nitrogens with zero attached hydrogens (tertiary/aromatic N) is 1. The molecular formula is C7H3ClF3NO2. The van der Waals surface area contributed by atoms with Crippen molar-refractivity contribution in [3.63, 3.8) is 0 Å². The van der Waals surface area contributed by atoms with Gasteiger partial charge in [-0.25, -0.2) is 13.8 Å². The smallest absolute Gasteiger partial charge is 0.270 e. The number of hydrogen-bond donors (Lipinski definition) is 1. The summed E-state index contributed by atoms with van der Waals surface area (Å²) in [6.07, 6.45) is -3.11. The van der Waals surface area contributed by atoms with Gasteiger partial charge in [0.25, 0.3) is 17.6 Å². The van der Waals surface area contributed by atoms with E-state index in [1.54, 1.807) is 0 Å². The summed E-state index contributed by atoms with van der Waals surface area (Å²) in [6.45, 7) is 0. The first-order valence-corrected chi connectivity index (χ1v) is 3.68. The molecule has 7 heteroatoms. The fourth-order valence-electron chi connectivity index (χ4n) is 0.793. The number of halogens is 4. The number of hydrogen-bond acceptors (Lipinski definition) is 3. The van der Waals surface area contributed by atoms with Crippen LogP contribution in [0.15, 0.2) is 6.07 Å². The third-order valence-electron chi connectivity index (χ3n) is 1.42. The first-order valence-electron chi connectivity index (χ1n) is 3.31. The number of aromatic nitrogens is 1. The molecule has 14 heavy (non-hydrogen) atoms. The SMILES string of the molecule is O=C(Cl)c1cc(C(F)F)c(O)c(F)n1. The van der Waals surface area contributed by atoms with Crippen molar-refractivity contribution >= 4 is 16.8 Å². The van der Waals surface area contributed by atoms with Crippen molar-refractivity contribution in [1.29, 1.82) is 0 Å². The second kappa shape index (κ2) is 3.83. The van der Waals surface area contributed by atoms with E-state index in [0.29, 0.717) is 6.07 Å². The van der Waals surface area contributed by atoms with Gasteiger partial charge in [0.05, 0.1) is 5.56 Å². The van der Waals surface area contributed by atoms with Gasteiger partial charge in [-0.05, 0) is 17.7 Å². The van der Waals surface area contributed by atoms with Gasteiger partial charge in [0.15, 0.2) is 5.75 Å². The summed E-state index contributed by atoms with van der Waals surface area (Å²) < 4.78 is 36.9. The Morgan fingerprint density at radius 1 is 1.57 bits per heavy atom. The zero-order valence-electron chi connectivity index (χ0n) is 6.47. The predicted octanol–water partition coefficient (Wildman–Crippen LogP) is 2.24. The fourth-order valence-corrected chi connectivity index (χ4v) is 0.890. The normalized spacial score (nSPS) is 10.6. The molecule has 1 rings (SSSR count). The van der Waals surface area contributed by atoms with E-state index in [1.807, 2.05) is 0 Å². The highest BCUT2D eigenvalue weighted by Crippen LogP contribution is 2.30. The fraction of sp³-hybridized carbons (Fsp3) is 0.143. The van der Waals surface area contributed by atoms with Crippen LogP contribution in [0, 0.1) is 5.95 Å². The number of rotatable bonds is 2. The van der Waals surface area contributed by atoms with Crippen LogP contribution in [0.25, 0.3) is 0 Å². The average molecular weight is 226 g/mol. The molecule has 0 amide bonds. The molecule has 0 aromatic carbocycles. The number of carbonyl (C=O) groups is 1. The van der Waals surface area contributed by atoms with E-state index in [0.717, 1.165) is 0 Å². The van der Waals surface area contributed by atoms with Gasteiger partial charge < -0.3 is 5.11 Å². The molecule has 0 atom stereocenters. The van der Waals surface area contributed by atoms with Crippen LogP contribution in [0.4, 0.5) is 13.2 Å². The highest BCUT2D eigenvalue weighted by Gasteiger charge is 2.20.